The number of unbranched alkanes of at least 4 members (excludes halogenated alkanes) is 25. The van der Waals surface area contributed by atoms with E-state index in [1.54, 1.807) is 7.05 Å². The SMILES string of the molecule is CCCCC/C=C\C/C=C\C/C=C\CCCCCCC(=O)OC(COC(=O)CCCCCCCCCCCCCCCCCCCCC)COP(=O)(O)OCCNC. The molecule has 0 spiro atoms. The fourth-order valence-electron chi connectivity index (χ4n) is 6.62. The zero-order valence-electron chi connectivity index (χ0n) is 37.7. The molecule has 0 fully saturated rings. The van der Waals surface area contributed by atoms with Gasteiger partial charge in [-0.1, -0.05) is 192 Å². The number of hydrogen-bond acceptors (Lipinski definition) is 8. The van der Waals surface area contributed by atoms with Gasteiger partial charge in [0.2, 0.25) is 0 Å². The first-order chi connectivity index (χ1) is 28.3. The molecule has 0 saturated heterocycles. The number of esters is 2. The Kier molecular flexibility index (Phi) is 43.4. The highest BCUT2D eigenvalue weighted by Crippen LogP contribution is 2.43. The van der Waals surface area contributed by atoms with Crippen LogP contribution >= 0.6 is 7.82 Å². The standard InChI is InChI=1S/C48H90NO8P/c1-4-6-8-10-12-14-16-18-20-22-23-25-26-28-30-32-34-36-38-40-47(50)54-44-46(45-56-58(52,53)55-43-42-49-3)57-48(51)41-39-37-35-33-31-29-27-24-21-19-17-15-13-11-9-7-5-2/h13,15,19,21,27,29,46,49H,4-12,14,16-18,20,22-26,28,30-45H2,1-3H3,(H,52,53)/b15-13-,21-19-,29-27-. The molecular weight excluding hydrogens is 750 g/mol. The summed E-state index contributed by atoms with van der Waals surface area (Å²) in [6.45, 7) is 4.20. The molecule has 9 nitrogen and oxygen atoms in total. The highest BCUT2D eigenvalue weighted by molar-refractivity contribution is 7.47. The number of carbonyl (C=O) groups excluding carboxylic acids is 2. The maximum atomic E-state index is 12.6. The highest BCUT2D eigenvalue weighted by atomic mass is 31.2. The molecule has 0 amide bonds. The Morgan fingerprint density at radius 3 is 1.41 bits per heavy atom. The molecule has 0 bridgehead atoms. The lowest BCUT2D eigenvalue weighted by Crippen LogP contribution is -2.29. The van der Waals surface area contributed by atoms with E-state index in [4.69, 9.17) is 18.5 Å². The molecule has 0 aromatic carbocycles. The topological polar surface area (TPSA) is 120 Å². The van der Waals surface area contributed by atoms with Gasteiger partial charge in [0.05, 0.1) is 13.2 Å². The molecule has 0 aliphatic heterocycles. The number of rotatable bonds is 45. The monoisotopic (exact) mass is 840 g/mol. The second-order valence-electron chi connectivity index (χ2n) is 15.9. The van der Waals surface area contributed by atoms with E-state index in [0.717, 1.165) is 57.8 Å². The van der Waals surface area contributed by atoms with Crippen molar-refractivity contribution < 1.29 is 37.6 Å². The second-order valence-corrected chi connectivity index (χ2v) is 17.4. The van der Waals surface area contributed by atoms with E-state index in [9.17, 15) is 19.0 Å². The van der Waals surface area contributed by atoms with Crippen LogP contribution in [0.15, 0.2) is 36.5 Å². The Hall–Kier alpha value is -1.77. The van der Waals surface area contributed by atoms with E-state index in [1.165, 1.54) is 128 Å². The van der Waals surface area contributed by atoms with Gasteiger partial charge in [0.1, 0.15) is 6.61 Å². The largest absolute Gasteiger partial charge is 0.472 e. The summed E-state index contributed by atoms with van der Waals surface area (Å²) < 4.78 is 33.3. The number of carbonyl (C=O) groups is 2. The zero-order valence-corrected chi connectivity index (χ0v) is 38.6. The lowest BCUT2D eigenvalue weighted by atomic mass is 10.0. The van der Waals surface area contributed by atoms with Crippen molar-refractivity contribution in [3.8, 4) is 0 Å². The van der Waals surface area contributed by atoms with E-state index < -0.39 is 26.5 Å². The third-order valence-electron chi connectivity index (χ3n) is 10.3. The minimum absolute atomic E-state index is 0.0207. The summed E-state index contributed by atoms with van der Waals surface area (Å²) in [6, 6.07) is 0. The van der Waals surface area contributed by atoms with Gasteiger partial charge in [0, 0.05) is 19.4 Å². The van der Waals surface area contributed by atoms with Crippen molar-refractivity contribution in [3.05, 3.63) is 36.5 Å². The van der Waals surface area contributed by atoms with Crippen molar-refractivity contribution >= 4 is 19.8 Å². The van der Waals surface area contributed by atoms with Crippen LogP contribution in [-0.2, 0) is 32.7 Å². The van der Waals surface area contributed by atoms with Gasteiger partial charge in [-0.2, -0.15) is 0 Å². The predicted molar refractivity (Wildman–Crippen MR) is 243 cm³/mol. The molecule has 0 aliphatic rings. The van der Waals surface area contributed by atoms with Gasteiger partial charge in [0.15, 0.2) is 6.10 Å². The molecule has 0 heterocycles. The van der Waals surface area contributed by atoms with Gasteiger partial charge >= 0.3 is 19.8 Å². The van der Waals surface area contributed by atoms with Crippen molar-refractivity contribution in [2.24, 2.45) is 0 Å². The van der Waals surface area contributed by atoms with Gasteiger partial charge in [0.25, 0.3) is 0 Å². The van der Waals surface area contributed by atoms with Crippen molar-refractivity contribution in [1.82, 2.24) is 5.32 Å². The van der Waals surface area contributed by atoms with Gasteiger partial charge in [-0.25, -0.2) is 4.57 Å². The number of phosphoric acid groups is 1. The number of likely N-dealkylation sites (N-methyl/N-ethyl adjacent to an activating group) is 1. The summed E-state index contributed by atoms with van der Waals surface area (Å²) in [4.78, 5) is 35.1. The van der Waals surface area contributed by atoms with Gasteiger partial charge in [-0.15, -0.1) is 0 Å². The Bertz CT molecular complexity index is 1050. The Labute approximate surface area is 356 Å². The fraction of sp³-hybridized carbons (Fsp3) is 0.833. The number of ether oxygens (including phenoxy) is 2. The van der Waals surface area contributed by atoms with Crippen LogP contribution in [0.1, 0.15) is 219 Å². The Morgan fingerprint density at radius 2 is 0.931 bits per heavy atom. The molecule has 0 radical (unpaired) electrons. The van der Waals surface area contributed by atoms with Gasteiger partial charge < -0.3 is 19.7 Å². The lowest BCUT2D eigenvalue weighted by Gasteiger charge is -2.20. The van der Waals surface area contributed by atoms with Crippen LogP contribution in [0.5, 0.6) is 0 Å². The molecule has 0 rings (SSSR count). The summed E-state index contributed by atoms with van der Waals surface area (Å²) >= 11 is 0. The van der Waals surface area contributed by atoms with Gasteiger partial charge in [-0.3, -0.25) is 18.6 Å². The minimum Gasteiger partial charge on any atom is -0.462 e. The first-order valence-corrected chi connectivity index (χ1v) is 25.4. The molecule has 0 saturated carbocycles. The molecular formula is C48H90NO8P. The number of allylic oxidation sites excluding steroid dienone is 6. The van der Waals surface area contributed by atoms with Crippen molar-refractivity contribution in [2.45, 2.75) is 225 Å². The van der Waals surface area contributed by atoms with E-state index >= 15 is 0 Å². The van der Waals surface area contributed by atoms with Crippen LogP contribution in [-0.4, -0.2) is 56.3 Å². The third kappa shape index (κ3) is 43.8. The van der Waals surface area contributed by atoms with Crippen LogP contribution in [0.2, 0.25) is 0 Å². The lowest BCUT2D eigenvalue weighted by molar-refractivity contribution is -0.161. The molecule has 0 aliphatic carbocycles. The normalized spacial score (nSPS) is 13.5. The van der Waals surface area contributed by atoms with E-state index in [-0.39, 0.29) is 32.0 Å². The van der Waals surface area contributed by atoms with E-state index in [2.05, 4.69) is 55.6 Å². The predicted octanol–water partition coefficient (Wildman–Crippen LogP) is 14.0. The summed E-state index contributed by atoms with van der Waals surface area (Å²) in [7, 11) is -2.66. The molecule has 340 valence electrons. The van der Waals surface area contributed by atoms with Crippen molar-refractivity contribution in [1.29, 1.82) is 0 Å². The van der Waals surface area contributed by atoms with Crippen molar-refractivity contribution in [2.75, 3.05) is 33.4 Å². The van der Waals surface area contributed by atoms with Crippen LogP contribution in [0.4, 0.5) is 0 Å². The maximum Gasteiger partial charge on any atom is 0.472 e. The highest BCUT2D eigenvalue weighted by Gasteiger charge is 2.26. The fourth-order valence-corrected chi connectivity index (χ4v) is 7.37. The summed E-state index contributed by atoms with van der Waals surface area (Å²) in [5.74, 6) is -0.823. The Morgan fingerprint density at radius 1 is 0.534 bits per heavy atom. The average Bonchev–Trinajstić information content (AvgIpc) is 3.21. The molecule has 0 aromatic heterocycles. The molecule has 10 heteroatoms. The maximum absolute atomic E-state index is 12.6. The van der Waals surface area contributed by atoms with Crippen molar-refractivity contribution in [3.63, 3.8) is 0 Å². The number of hydrogen-bond donors (Lipinski definition) is 2. The van der Waals surface area contributed by atoms with Crippen LogP contribution in [0, 0.1) is 0 Å². The quantitative estimate of drug-likeness (QED) is 0.0267. The minimum atomic E-state index is -4.36. The molecule has 0 aromatic rings. The molecule has 58 heavy (non-hydrogen) atoms. The first-order valence-electron chi connectivity index (χ1n) is 23.9. The first kappa shape index (κ1) is 56.2. The number of phosphoric ester groups is 1. The van der Waals surface area contributed by atoms with Crippen LogP contribution in [0.3, 0.4) is 0 Å². The smallest absolute Gasteiger partial charge is 0.462 e. The summed E-state index contributed by atoms with van der Waals surface area (Å²) in [5.41, 5.74) is 0. The molecule has 2 atom stereocenters. The second kappa shape index (κ2) is 44.8. The zero-order chi connectivity index (χ0) is 42.5. The van der Waals surface area contributed by atoms with E-state index in [0.29, 0.717) is 13.0 Å². The van der Waals surface area contributed by atoms with Gasteiger partial charge in [-0.05, 0) is 58.4 Å². The third-order valence-corrected chi connectivity index (χ3v) is 11.2. The van der Waals surface area contributed by atoms with E-state index in [1.807, 2.05) is 0 Å². The Balaban J connectivity index is 4.17. The molecule has 2 N–H and O–H groups in total. The summed E-state index contributed by atoms with van der Waals surface area (Å²) in [5, 5.41) is 2.83. The summed E-state index contributed by atoms with van der Waals surface area (Å²) in [6.07, 6.45) is 49.0. The van der Waals surface area contributed by atoms with Crippen LogP contribution in [0.25, 0.3) is 0 Å². The number of nitrogens with one attached hydrogen (secondary N) is 1. The average molecular weight is 840 g/mol. The molecule has 2 unspecified atom stereocenters. The van der Waals surface area contributed by atoms with Crippen LogP contribution < -0.4 is 5.32 Å².